The zero-order valence-electron chi connectivity index (χ0n) is 10.5. The minimum atomic E-state index is 0.0548. The maximum Gasteiger partial charge on any atom is 0.0624 e. The molecule has 0 fully saturated rings. The molecule has 0 radical (unpaired) electrons. The van der Waals surface area contributed by atoms with Gasteiger partial charge < -0.3 is 0 Å². The van der Waals surface area contributed by atoms with Gasteiger partial charge in [0.15, 0.2) is 0 Å². The van der Waals surface area contributed by atoms with Crippen LogP contribution in [0.1, 0.15) is 29.3 Å². The van der Waals surface area contributed by atoms with Crippen LogP contribution < -0.4 is 0 Å². The van der Waals surface area contributed by atoms with Gasteiger partial charge in [0, 0.05) is 0 Å². The zero-order chi connectivity index (χ0) is 13.7. The molecule has 0 aliphatic heterocycles. The summed E-state index contributed by atoms with van der Waals surface area (Å²) in [7, 11) is 0. The number of halogens is 3. The van der Waals surface area contributed by atoms with Gasteiger partial charge >= 0.3 is 0 Å². The van der Waals surface area contributed by atoms with E-state index in [4.69, 9.17) is 34.8 Å². The molecular formula is C16H15Cl3. The molecule has 0 N–H and O–H groups in total. The van der Waals surface area contributed by atoms with Crippen molar-refractivity contribution in [3.05, 3.63) is 69.7 Å². The third kappa shape index (κ3) is 4.14. The predicted octanol–water partition coefficient (Wildman–Crippen LogP) is 6.30. The Labute approximate surface area is 129 Å². The third-order valence-electron chi connectivity index (χ3n) is 3.10. The lowest BCUT2D eigenvalue weighted by Crippen LogP contribution is -1.93. The quantitative estimate of drug-likeness (QED) is 0.568. The summed E-state index contributed by atoms with van der Waals surface area (Å²) in [6.45, 7) is 0. The second-order valence-electron chi connectivity index (χ2n) is 4.48. The first kappa shape index (κ1) is 14.7. The van der Waals surface area contributed by atoms with Crippen LogP contribution in [0.4, 0.5) is 0 Å². The highest BCUT2D eigenvalue weighted by molar-refractivity contribution is 6.42. The van der Waals surface area contributed by atoms with E-state index in [1.54, 1.807) is 0 Å². The second-order valence-corrected chi connectivity index (χ2v) is 5.80. The number of benzene rings is 2. The molecule has 0 spiro atoms. The molecule has 0 bridgehead atoms. The topological polar surface area (TPSA) is 0 Å². The average molecular weight is 314 g/mol. The Morgan fingerprint density at radius 2 is 1.63 bits per heavy atom. The fourth-order valence-electron chi connectivity index (χ4n) is 2.04. The van der Waals surface area contributed by atoms with Gasteiger partial charge in [-0.25, -0.2) is 0 Å². The molecule has 0 aliphatic rings. The molecule has 100 valence electrons. The van der Waals surface area contributed by atoms with Gasteiger partial charge in [-0.1, -0.05) is 65.7 Å². The summed E-state index contributed by atoms with van der Waals surface area (Å²) in [6, 6.07) is 15.9. The number of aryl methyl sites for hydroxylation is 1. The lowest BCUT2D eigenvalue weighted by atomic mass is 10.0. The van der Waals surface area contributed by atoms with Crippen molar-refractivity contribution in [1.29, 1.82) is 0 Å². The highest BCUT2D eigenvalue weighted by Gasteiger charge is 2.09. The van der Waals surface area contributed by atoms with Gasteiger partial charge in [0.2, 0.25) is 0 Å². The van der Waals surface area contributed by atoms with Crippen LogP contribution in [0.5, 0.6) is 0 Å². The Kier molecular flexibility index (Phi) is 5.57. The Morgan fingerprint density at radius 3 is 2.37 bits per heavy atom. The third-order valence-corrected chi connectivity index (χ3v) is 4.42. The summed E-state index contributed by atoms with van der Waals surface area (Å²) in [5.74, 6) is 0. The monoisotopic (exact) mass is 312 g/mol. The van der Waals surface area contributed by atoms with E-state index in [9.17, 15) is 0 Å². The molecule has 1 atom stereocenters. The first-order valence-electron chi connectivity index (χ1n) is 6.30. The molecule has 0 amide bonds. The molecule has 19 heavy (non-hydrogen) atoms. The van der Waals surface area contributed by atoms with E-state index in [2.05, 4.69) is 12.1 Å². The van der Waals surface area contributed by atoms with E-state index in [0.29, 0.717) is 10.0 Å². The number of alkyl halides is 1. The summed E-state index contributed by atoms with van der Waals surface area (Å²) in [5, 5.41) is 1.33. The first-order chi connectivity index (χ1) is 9.18. The molecule has 0 aliphatic carbocycles. The lowest BCUT2D eigenvalue weighted by molar-refractivity contribution is 0.716. The van der Waals surface area contributed by atoms with Crippen LogP contribution in [-0.2, 0) is 6.42 Å². The van der Waals surface area contributed by atoms with Crippen molar-refractivity contribution in [3.63, 3.8) is 0 Å². The van der Waals surface area contributed by atoms with Crippen molar-refractivity contribution in [2.45, 2.75) is 24.6 Å². The summed E-state index contributed by atoms with van der Waals surface area (Å²) >= 11 is 18.5. The standard InChI is InChI=1S/C16H15Cl3/c17-14(12-6-2-1-3-7-12)10-4-8-13-9-5-11-15(18)16(13)19/h1-3,5-7,9,11,14H,4,8,10H2. The molecule has 2 aromatic carbocycles. The smallest absolute Gasteiger partial charge is 0.0624 e. The summed E-state index contributed by atoms with van der Waals surface area (Å²) < 4.78 is 0. The molecule has 2 rings (SSSR count). The van der Waals surface area contributed by atoms with Crippen molar-refractivity contribution in [1.82, 2.24) is 0 Å². The van der Waals surface area contributed by atoms with Crippen LogP contribution in [0.15, 0.2) is 48.5 Å². The van der Waals surface area contributed by atoms with Gasteiger partial charge in [-0.15, -0.1) is 11.6 Å². The highest BCUT2D eigenvalue weighted by Crippen LogP contribution is 2.29. The van der Waals surface area contributed by atoms with Gasteiger partial charge in [0.05, 0.1) is 15.4 Å². The fraction of sp³-hybridized carbons (Fsp3) is 0.250. The molecule has 0 saturated carbocycles. The van der Waals surface area contributed by atoms with Crippen molar-refractivity contribution < 1.29 is 0 Å². The maximum absolute atomic E-state index is 6.38. The Hall–Kier alpha value is -0.690. The van der Waals surface area contributed by atoms with E-state index in [1.807, 2.05) is 36.4 Å². The Bertz CT molecular complexity index is 523. The fourth-order valence-corrected chi connectivity index (χ4v) is 2.76. The van der Waals surface area contributed by atoms with Gasteiger partial charge in [0.25, 0.3) is 0 Å². The van der Waals surface area contributed by atoms with Crippen LogP contribution in [0, 0.1) is 0 Å². The molecule has 0 nitrogen and oxygen atoms in total. The molecular weight excluding hydrogens is 299 g/mol. The molecule has 3 heteroatoms. The van der Waals surface area contributed by atoms with Crippen molar-refractivity contribution >= 4 is 34.8 Å². The minimum absolute atomic E-state index is 0.0548. The van der Waals surface area contributed by atoms with E-state index in [1.165, 1.54) is 5.56 Å². The van der Waals surface area contributed by atoms with Gasteiger partial charge in [-0.05, 0) is 36.5 Å². The molecule has 0 aromatic heterocycles. The largest absolute Gasteiger partial charge is 0.118 e. The number of hydrogen-bond donors (Lipinski definition) is 0. The molecule has 0 heterocycles. The van der Waals surface area contributed by atoms with Crippen LogP contribution in [0.3, 0.4) is 0 Å². The van der Waals surface area contributed by atoms with Crippen LogP contribution in [-0.4, -0.2) is 0 Å². The Balaban J connectivity index is 1.88. The summed E-state index contributed by atoms with van der Waals surface area (Å²) in [6.07, 6.45) is 2.81. The zero-order valence-corrected chi connectivity index (χ0v) is 12.7. The SMILES string of the molecule is Clc1cccc(CCCC(Cl)c2ccccc2)c1Cl. The van der Waals surface area contributed by atoms with Gasteiger partial charge in [-0.3, -0.25) is 0 Å². The second kappa shape index (κ2) is 7.19. The highest BCUT2D eigenvalue weighted by atomic mass is 35.5. The summed E-state index contributed by atoms with van der Waals surface area (Å²) in [4.78, 5) is 0. The maximum atomic E-state index is 6.38. The molecule has 1 unspecified atom stereocenters. The molecule has 0 saturated heterocycles. The number of hydrogen-bond acceptors (Lipinski definition) is 0. The van der Waals surface area contributed by atoms with E-state index in [0.717, 1.165) is 24.8 Å². The lowest BCUT2D eigenvalue weighted by Gasteiger charge is -2.10. The van der Waals surface area contributed by atoms with E-state index in [-0.39, 0.29) is 5.38 Å². The van der Waals surface area contributed by atoms with E-state index >= 15 is 0 Å². The van der Waals surface area contributed by atoms with Crippen LogP contribution >= 0.6 is 34.8 Å². The van der Waals surface area contributed by atoms with Crippen LogP contribution in [0.2, 0.25) is 10.0 Å². The molecule has 2 aromatic rings. The Morgan fingerprint density at radius 1 is 0.895 bits per heavy atom. The van der Waals surface area contributed by atoms with Gasteiger partial charge in [-0.2, -0.15) is 0 Å². The first-order valence-corrected chi connectivity index (χ1v) is 7.49. The van der Waals surface area contributed by atoms with Gasteiger partial charge in [0.1, 0.15) is 0 Å². The average Bonchev–Trinajstić information content (AvgIpc) is 2.44. The minimum Gasteiger partial charge on any atom is -0.118 e. The summed E-state index contributed by atoms with van der Waals surface area (Å²) in [5.41, 5.74) is 2.26. The number of rotatable bonds is 5. The normalized spacial score (nSPS) is 12.4. The van der Waals surface area contributed by atoms with Crippen molar-refractivity contribution in [2.75, 3.05) is 0 Å². The van der Waals surface area contributed by atoms with Crippen LogP contribution in [0.25, 0.3) is 0 Å². The van der Waals surface area contributed by atoms with E-state index < -0.39 is 0 Å². The van der Waals surface area contributed by atoms with Crippen molar-refractivity contribution in [3.8, 4) is 0 Å². The predicted molar refractivity (Wildman–Crippen MR) is 84.4 cm³/mol. The van der Waals surface area contributed by atoms with Crippen molar-refractivity contribution in [2.24, 2.45) is 0 Å².